The van der Waals surface area contributed by atoms with E-state index >= 15 is 0 Å². The molecule has 2 aliphatic carbocycles. The highest BCUT2D eigenvalue weighted by molar-refractivity contribution is 6.00. The van der Waals surface area contributed by atoms with Gasteiger partial charge in [0.1, 0.15) is 11.6 Å². The van der Waals surface area contributed by atoms with E-state index in [9.17, 15) is 9.59 Å². The number of nitrogens with one attached hydrogen (secondary N) is 1. The van der Waals surface area contributed by atoms with Crippen LogP contribution in [0.2, 0.25) is 0 Å². The van der Waals surface area contributed by atoms with Gasteiger partial charge in [0, 0.05) is 6.54 Å². The van der Waals surface area contributed by atoms with Crippen LogP contribution >= 0.6 is 0 Å². The van der Waals surface area contributed by atoms with E-state index in [0.29, 0.717) is 11.8 Å². The summed E-state index contributed by atoms with van der Waals surface area (Å²) in [4.78, 5) is 27.8. The lowest BCUT2D eigenvalue weighted by Crippen LogP contribution is -2.71. The van der Waals surface area contributed by atoms with Gasteiger partial charge in [0.05, 0.1) is 0 Å². The molecule has 21 heavy (non-hydrogen) atoms. The molecule has 1 spiro atoms. The lowest BCUT2D eigenvalue weighted by Gasteiger charge is -2.50. The van der Waals surface area contributed by atoms with Crippen molar-refractivity contribution in [3.8, 4) is 0 Å². The van der Waals surface area contributed by atoms with E-state index in [1.165, 1.54) is 19.3 Å². The molecule has 1 N–H and O–H groups in total. The van der Waals surface area contributed by atoms with Crippen molar-refractivity contribution in [1.29, 1.82) is 0 Å². The Balaban J connectivity index is 1.84. The van der Waals surface area contributed by atoms with Gasteiger partial charge in [-0.15, -0.1) is 0 Å². The fourth-order valence-corrected chi connectivity index (χ4v) is 3.96. The minimum absolute atomic E-state index is 0.119. The van der Waals surface area contributed by atoms with Gasteiger partial charge in [-0.2, -0.15) is 0 Å². The van der Waals surface area contributed by atoms with Crippen LogP contribution in [0.4, 0.5) is 0 Å². The molecule has 3 aliphatic rings. The second-order valence-corrected chi connectivity index (χ2v) is 7.64. The third kappa shape index (κ3) is 2.82. The summed E-state index contributed by atoms with van der Waals surface area (Å²) < 4.78 is 0. The van der Waals surface area contributed by atoms with Crippen LogP contribution < -0.4 is 5.32 Å². The fourth-order valence-electron chi connectivity index (χ4n) is 3.96. The summed E-state index contributed by atoms with van der Waals surface area (Å²) in [6.07, 6.45) is 8.22. The second-order valence-electron chi connectivity index (χ2n) is 7.64. The first-order valence-electron chi connectivity index (χ1n) is 8.65. The molecular formula is C17H28N2O2. The lowest BCUT2D eigenvalue weighted by atomic mass is 9.76. The summed E-state index contributed by atoms with van der Waals surface area (Å²) in [6.45, 7) is 5.02. The number of amides is 2. The molecule has 2 amide bonds. The molecule has 4 heteroatoms. The molecular weight excluding hydrogens is 264 g/mol. The molecule has 4 nitrogen and oxygen atoms in total. The molecule has 0 radical (unpaired) electrons. The van der Waals surface area contributed by atoms with Crippen molar-refractivity contribution in [2.75, 3.05) is 6.54 Å². The molecule has 1 atom stereocenters. The Morgan fingerprint density at radius 2 is 1.86 bits per heavy atom. The zero-order valence-electron chi connectivity index (χ0n) is 13.4. The maximum absolute atomic E-state index is 13.0. The number of carbonyl (C=O) groups excluding carboxylic acids is 2. The van der Waals surface area contributed by atoms with Gasteiger partial charge in [-0.05, 0) is 43.9 Å². The van der Waals surface area contributed by atoms with E-state index in [-0.39, 0.29) is 17.9 Å². The number of carbonyl (C=O) groups is 2. The quantitative estimate of drug-likeness (QED) is 0.865. The molecule has 1 aliphatic heterocycles. The normalized spacial score (nSPS) is 29.1. The molecule has 1 unspecified atom stereocenters. The summed E-state index contributed by atoms with van der Waals surface area (Å²) in [5.41, 5.74) is -0.522. The highest BCUT2D eigenvalue weighted by atomic mass is 16.2. The van der Waals surface area contributed by atoms with Crippen molar-refractivity contribution in [2.24, 2.45) is 11.8 Å². The summed E-state index contributed by atoms with van der Waals surface area (Å²) in [5.74, 6) is 1.35. The zero-order chi connectivity index (χ0) is 15.0. The minimum Gasteiger partial charge on any atom is -0.342 e. The summed E-state index contributed by atoms with van der Waals surface area (Å²) in [5, 5.41) is 3.05. The van der Waals surface area contributed by atoms with Gasteiger partial charge in [0.15, 0.2) is 0 Å². The maximum Gasteiger partial charge on any atom is 0.246 e. The number of piperazine rings is 1. The first-order valence-corrected chi connectivity index (χ1v) is 8.65. The van der Waals surface area contributed by atoms with Crippen molar-refractivity contribution in [3.05, 3.63) is 0 Å². The van der Waals surface area contributed by atoms with Gasteiger partial charge in [-0.25, -0.2) is 0 Å². The van der Waals surface area contributed by atoms with Crippen LogP contribution in [0.15, 0.2) is 0 Å². The molecule has 0 aromatic carbocycles. The molecule has 0 aromatic rings. The fraction of sp³-hybridized carbons (Fsp3) is 0.882. The Labute approximate surface area is 127 Å². The summed E-state index contributed by atoms with van der Waals surface area (Å²) >= 11 is 0. The lowest BCUT2D eigenvalue weighted by molar-refractivity contribution is -0.160. The van der Waals surface area contributed by atoms with E-state index in [0.717, 1.165) is 38.6 Å². The molecule has 0 aromatic heterocycles. The van der Waals surface area contributed by atoms with Crippen molar-refractivity contribution in [2.45, 2.75) is 76.8 Å². The molecule has 3 fully saturated rings. The molecule has 3 rings (SSSR count). The van der Waals surface area contributed by atoms with Gasteiger partial charge < -0.3 is 10.2 Å². The van der Waals surface area contributed by atoms with Crippen LogP contribution in [-0.4, -0.2) is 34.8 Å². The van der Waals surface area contributed by atoms with Crippen LogP contribution in [-0.2, 0) is 9.59 Å². The highest BCUT2D eigenvalue weighted by Gasteiger charge is 2.53. The Bertz CT molecular complexity index is 423. The van der Waals surface area contributed by atoms with Crippen LogP contribution in [0.3, 0.4) is 0 Å². The topological polar surface area (TPSA) is 49.4 Å². The average molecular weight is 292 g/mol. The number of rotatable bonds is 4. The number of hydrogen-bond donors (Lipinski definition) is 1. The molecule has 1 saturated heterocycles. The van der Waals surface area contributed by atoms with Crippen LogP contribution in [0.1, 0.15) is 65.2 Å². The first kappa shape index (κ1) is 14.9. The SMILES string of the molecule is CC(C)CC1NC(=O)C2(CCCCC2)N(CC2CC2)C1=O. The zero-order valence-corrected chi connectivity index (χ0v) is 13.4. The van der Waals surface area contributed by atoms with Crippen molar-refractivity contribution in [3.63, 3.8) is 0 Å². The Morgan fingerprint density at radius 3 is 2.43 bits per heavy atom. The predicted molar refractivity (Wildman–Crippen MR) is 81.6 cm³/mol. The Hall–Kier alpha value is -1.06. The average Bonchev–Trinajstić information content (AvgIpc) is 3.26. The van der Waals surface area contributed by atoms with E-state index < -0.39 is 5.54 Å². The highest BCUT2D eigenvalue weighted by Crippen LogP contribution is 2.40. The van der Waals surface area contributed by atoms with Crippen molar-refractivity contribution >= 4 is 11.8 Å². The standard InChI is InChI=1S/C17H28N2O2/c1-12(2)10-14-15(20)19(11-13-6-7-13)17(16(21)18-14)8-4-3-5-9-17/h12-14H,3-11H2,1-2H3,(H,18,21). The first-order chi connectivity index (χ1) is 10.0. The van der Waals surface area contributed by atoms with Crippen molar-refractivity contribution in [1.82, 2.24) is 10.2 Å². The third-order valence-electron chi connectivity index (χ3n) is 5.33. The largest absolute Gasteiger partial charge is 0.342 e. The number of hydrogen-bond acceptors (Lipinski definition) is 2. The second kappa shape index (κ2) is 5.62. The van der Waals surface area contributed by atoms with Crippen molar-refractivity contribution < 1.29 is 9.59 Å². The Kier molecular flexibility index (Phi) is 3.98. The number of nitrogens with zero attached hydrogens (tertiary/aromatic N) is 1. The monoisotopic (exact) mass is 292 g/mol. The van der Waals surface area contributed by atoms with Crippen LogP contribution in [0.25, 0.3) is 0 Å². The molecule has 1 heterocycles. The molecule has 0 bridgehead atoms. The molecule has 2 saturated carbocycles. The summed E-state index contributed by atoms with van der Waals surface area (Å²) in [7, 11) is 0. The summed E-state index contributed by atoms with van der Waals surface area (Å²) in [6, 6.07) is -0.302. The minimum atomic E-state index is -0.522. The van der Waals surface area contributed by atoms with Gasteiger partial charge in [0.2, 0.25) is 11.8 Å². The van der Waals surface area contributed by atoms with Gasteiger partial charge in [0.25, 0.3) is 0 Å². The van der Waals surface area contributed by atoms with E-state index in [2.05, 4.69) is 19.2 Å². The van der Waals surface area contributed by atoms with Gasteiger partial charge >= 0.3 is 0 Å². The predicted octanol–water partition coefficient (Wildman–Crippen LogP) is 2.47. The van der Waals surface area contributed by atoms with Gasteiger partial charge in [-0.3, -0.25) is 9.59 Å². The maximum atomic E-state index is 13.0. The smallest absolute Gasteiger partial charge is 0.246 e. The van der Waals surface area contributed by atoms with E-state index in [1.807, 2.05) is 4.90 Å². The van der Waals surface area contributed by atoms with Crippen LogP contribution in [0.5, 0.6) is 0 Å². The van der Waals surface area contributed by atoms with Gasteiger partial charge in [-0.1, -0.05) is 33.1 Å². The molecule has 118 valence electrons. The van der Waals surface area contributed by atoms with E-state index in [1.54, 1.807) is 0 Å². The van der Waals surface area contributed by atoms with E-state index in [4.69, 9.17) is 0 Å². The Morgan fingerprint density at radius 1 is 1.19 bits per heavy atom. The van der Waals surface area contributed by atoms with Crippen LogP contribution in [0, 0.1) is 11.8 Å². The third-order valence-corrected chi connectivity index (χ3v) is 5.33.